The van der Waals surface area contributed by atoms with E-state index in [-0.39, 0.29) is 25.4 Å². The topological polar surface area (TPSA) is 43.4 Å². The van der Waals surface area contributed by atoms with Crippen molar-refractivity contribution in [3.8, 4) is 0 Å². The number of carboxylic acids is 1. The Balaban J connectivity index is 0. The fraction of sp³-hybridized carbons (Fsp3) is 0.975. The summed E-state index contributed by atoms with van der Waals surface area (Å²) in [7, 11) is 0. The third-order valence-electron chi connectivity index (χ3n) is 9.51. The molecule has 0 bridgehead atoms. The zero-order valence-electron chi connectivity index (χ0n) is 30.9. The van der Waals surface area contributed by atoms with Crippen LogP contribution in [0.2, 0.25) is 0 Å². The van der Waals surface area contributed by atoms with E-state index in [0.717, 1.165) is 25.9 Å². The Morgan fingerprint density at radius 1 is 0.364 bits per heavy atom. The van der Waals surface area contributed by atoms with Crippen LogP contribution in [0.25, 0.3) is 0 Å². The Bertz CT molecular complexity index is 492. The summed E-state index contributed by atoms with van der Waals surface area (Å²) < 4.78 is 0. The number of nitrogens with zero attached hydrogens (tertiary/aromatic N) is 1. The summed E-state index contributed by atoms with van der Waals surface area (Å²) in [5.74, 6) is -0.918. The molecule has 3 nitrogen and oxygen atoms in total. The zero-order valence-corrected chi connectivity index (χ0v) is 30.9. The van der Waals surface area contributed by atoms with Crippen LogP contribution in [0.15, 0.2) is 0 Å². The normalized spacial score (nSPS) is 11.3. The summed E-state index contributed by atoms with van der Waals surface area (Å²) >= 11 is 0. The van der Waals surface area contributed by atoms with Crippen LogP contribution in [0.3, 0.4) is 0 Å². The number of carboxylic acid groups (broad SMARTS) is 1. The maximum Gasteiger partial charge on any atom is 1.00 e. The molecule has 44 heavy (non-hydrogen) atoms. The second-order valence-corrected chi connectivity index (χ2v) is 14.0. The zero-order chi connectivity index (χ0) is 31.3. The van der Waals surface area contributed by atoms with Crippen LogP contribution < -0.4 is 24.0 Å². The molecular weight excluding hydrogens is 533 g/mol. The van der Waals surface area contributed by atoms with Crippen LogP contribution in [0.5, 0.6) is 0 Å². The van der Waals surface area contributed by atoms with Gasteiger partial charge in [0.2, 0.25) is 0 Å². The van der Waals surface area contributed by atoms with Gasteiger partial charge in [-0.2, -0.15) is 0 Å². The molecule has 0 unspecified atom stereocenters. The average Bonchev–Trinajstić information content (AvgIpc) is 2.99. The van der Waals surface area contributed by atoms with Gasteiger partial charge >= 0.3 is 18.9 Å². The molecule has 0 aliphatic carbocycles. The second-order valence-electron chi connectivity index (χ2n) is 14.0. The van der Waals surface area contributed by atoms with Crippen LogP contribution in [0, 0.1) is 0 Å². The van der Waals surface area contributed by atoms with E-state index in [0.29, 0.717) is 0 Å². The molecule has 0 saturated heterocycles. The van der Waals surface area contributed by atoms with Gasteiger partial charge in [-0.05, 0) is 25.9 Å². The number of hydrogen-bond acceptors (Lipinski definition) is 3. The van der Waals surface area contributed by atoms with Gasteiger partial charge in [-0.1, -0.05) is 219 Å². The molecule has 0 aliphatic heterocycles. The van der Waals surface area contributed by atoms with Gasteiger partial charge in [0, 0.05) is 6.54 Å². The Morgan fingerprint density at radius 3 is 0.727 bits per heavy atom. The monoisotopic (exact) mass is 614 g/mol. The summed E-state index contributed by atoms with van der Waals surface area (Å²) in [6.45, 7) is 6.54. The Kier molecular flexibility index (Phi) is 43.1. The van der Waals surface area contributed by atoms with E-state index >= 15 is 0 Å². The summed E-state index contributed by atoms with van der Waals surface area (Å²) in [6.07, 6.45) is 47.0. The van der Waals surface area contributed by atoms with Crippen molar-refractivity contribution < 1.29 is 28.8 Å². The van der Waals surface area contributed by atoms with E-state index in [2.05, 4.69) is 18.7 Å². The van der Waals surface area contributed by atoms with Crippen LogP contribution in [-0.2, 0) is 4.79 Å². The molecule has 0 aromatic carbocycles. The first kappa shape index (κ1) is 46.1. The van der Waals surface area contributed by atoms with E-state index in [4.69, 9.17) is 0 Å². The molecular formula is C40H80LiNO2. The molecule has 0 aliphatic rings. The molecule has 0 aromatic rings. The number of rotatable bonds is 38. The predicted molar refractivity (Wildman–Crippen MR) is 190 cm³/mol. The van der Waals surface area contributed by atoms with Gasteiger partial charge in [0.05, 0.1) is 5.97 Å². The van der Waals surface area contributed by atoms with E-state index in [1.54, 1.807) is 0 Å². The molecule has 0 fully saturated rings. The van der Waals surface area contributed by atoms with E-state index in [1.807, 2.05) is 0 Å². The first-order chi connectivity index (χ1) is 21.2. The molecule has 4 heteroatoms. The maximum absolute atomic E-state index is 11.2. The van der Waals surface area contributed by atoms with Gasteiger partial charge in [-0.25, -0.2) is 0 Å². The number of carbonyl (C=O) groups excluding carboxylic acids is 1. The Labute approximate surface area is 290 Å². The first-order valence-electron chi connectivity index (χ1n) is 20.1. The largest absolute Gasteiger partial charge is 1.00 e. The molecule has 0 N–H and O–H groups in total. The first-order valence-corrected chi connectivity index (χ1v) is 20.1. The number of carbonyl (C=O) groups is 1. The van der Waals surface area contributed by atoms with Crippen LogP contribution in [0.4, 0.5) is 0 Å². The smallest absolute Gasteiger partial charge is 0.549 e. The Morgan fingerprint density at radius 2 is 0.545 bits per heavy atom. The minimum atomic E-state index is -0.918. The number of unbranched alkanes of at least 4 members (excludes halogenated alkanes) is 32. The second kappa shape index (κ2) is 41.1. The van der Waals surface area contributed by atoms with Crippen molar-refractivity contribution >= 4 is 5.97 Å². The summed E-state index contributed by atoms with van der Waals surface area (Å²) in [4.78, 5) is 13.4. The molecule has 0 radical (unpaired) electrons. The Hall–Kier alpha value is 0.0274. The SMILES string of the molecule is CCCCCCCCCCCCCCCCCCCN(CCCCCCCCCCCCCCCCCCC)CC(=O)[O-].[Li+]. The van der Waals surface area contributed by atoms with Crippen molar-refractivity contribution in [2.45, 2.75) is 232 Å². The van der Waals surface area contributed by atoms with E-state index < -0.39 is 5.97 Å². The number of aliphatic carboxylic acids is 1. The van der Waals surface area contributed by atoms with Gasteiger partial charge in [0.15, 0.2) is 0 Å². The minimum Gasteiger partial charge on any atom is -0.549 e. The van der Waals surface area contributed by atoms with Gasteiger partial charge in [-0.3, -0.25) is 4.90 Å². The third-order valence-corrected chi connectivity index (χ3v) is 9.51. The van der Waals surface area contributed by atoms with Gasteiger partial charge in [0.1, 0.15) is 0 Å². The van der Waals surface area contributed by atoms with Crippen molar-refractivity contribution in [3.63, 3.8) is 0 Å². The molecule has 0 saturated carbocycles. The van der Waals surface area contributed by atoms with Crippen molar-refractivity contribution in [1.29, 1.82) is 0 Å². The van der Waals surface area contributed by atoms with E-state index in [9.17, 15) is 9.90 Å². The molecule has 0 amide bonds. The van der Waals surface area contributed by atoms with Crippen LogP contribution >= 0.6 is 0 Å². The van der Waals surface area contributed by atoms with Gasteiger partial charge in [0.25, 0.3) is 0 Å². The van der Waals surface area contributed by atoms with E-state index in [1.165, 1.54) is 205 Å². The van der Waals surface area contributed by atoms with Gasteiger partial charge < -0.3 is 9.90 Å². The fourth-order valence-electron chi connectivity index (χ4n) is 6.57. The quantitative estimate of drug-likeness (QED) is 0.0515. The molecule has 0 heterocycles. The summed E-state index contributed by atoms with van der Waals surface area (Å²) in [5, 5.41) is 11.2. The molecule has 258 valence electrons. The number of hydrogen-bond donors (Lipinski definition) is 0. The molecule has 0 spiro atoms. The maximum atomic E-state index is 11.2. The van der Waals surface area contributed by atoms with Crippen molar-refractivity contribution in [2.24, 2.45) is 0 Å². The van der Waals surface area contributed by atoms with Crippen LogP contribution in [0.1, 0.15) is 232 Å². The standard InChI is InChI=1S/C40H81NO2.Li/c1-3-5-7-9-11-13-15-17-19-21-23-25-27-29-31-33-35-37-41(39-40(42)43)38-36-34-32-30-28-26-24-22-20-18-16-14-12-10-8-6-4-2;/h3-39H2,1-2H3,(H,42,43);/q;+1/p-1. The van der Waals surface area contributed by atoms with Crippen molar-refractivity contribution in [3.05, 3.63) is 0 Å². The molecule has 0 atom stereocenters. The van der Waals surface area contributed by atoms with Crippen molar-refractivity contribution in [2.75, 3.05) is 19.6 Å². The predicted octanol–water partition coefficient (Wildman–Crippen LogP) is 9.35. The fourth-order valence-corrected chi connectivity index (χ4v) is 6.57. The summed E-state index contributed by atoms with van der Waals surface area (Å²) in [6, 6.07) is 0. The van der Waals surface area contributed by atoms with Crippen molar-refractivity contribution in [1.82, 2.24) is 4.90 Å². The molecule has 0 rings (SSSR count). The minimum absolute atomic E-state index is 0. The average molecular weight is 614 g/mol. The molecule has 0 aromatic heterocycles. The van der Waals surface area contributed by atoms with Gasteiger partial charge in [-0.15, -0.1) is 0 Å². The third kappa shape index (κ3) is 40.1. The van der Waals surface area contributed by atoms with Crippen LogP contribution in [-0.4, -0.2) is 30.5 Å². The summed E-state index contributed by atoms with van der Waals surface area (Å²) in [5.41, 5.74) is 0.